The summed E-state index contributed by atoms with van der Waals surface area (Å²) in [6.07, 6.45) is 5.16. The first-order valence-corrected chi connectivity index (χ1v) is 11.9. The molecule has 0 spiro atoms. The quantitative estimate of drug-likeness (QED) is 0.702. The highest BCUT2D eigenvalue weighted by Crippen LogP contribution is 2.27. The number of aryl methyl sites for hydroxylation is 1. The first-order chi connectivity index (χ1) is 15.9. The van der Waals surface area contributed by atoms with Crippen LogP contribution in [-0.2, 0) is 14.4 Å². The zero-order valence-electron chi connectivity index (χ0n) is 19.3. The molecule has 3 N–H and O–H groups in total. The minimum absolute atomic E-state index is 0.0585. The molecule has 176 valence electrons. The van der Waals surface area contributed by atoms with Crippen molar-refractivity contribution in [3.05, 3.63) is 29.8 Å². The number of carbonyl (C=O) groups is 3. The third kappa shape index (κ3) is 5.61. The molecular weight excluding hydrogens is 418 g/mol. The minimum atomic E-state index is -0.301. The van der Waals surface area contributed by atoms with Crippen molar-refractivity contribution in [2.24, 2.45) is 11.7 Å². The Morgan fingerprint density at radius 3 is 2.45 bits per heavy atom. The maximum Gasteiger partial charge on any atom is 0.224 e. The second-order valence-electron chi connectivity index (χ2n) is 9.18. The van der Waals surface area contributed by atoms with Crippen molar-refractivity contribution in [3.63, 3.8) is 0 Å². The summed E-state index contributed by atoms with van der Waals surface area (Å²) in [7, 11) is 0. The van der Waals surface area contributed by atoms with Crippen LogP contribution in [0.5, 0.6) is 0 Å². The lowest BCUT2D eigenvalue weighted by molar-refractivity contribution is -0.135. The fourth-order valence-corrected chi connectivity index (χ4v) is 4.75. The number of primary amides is 1. The number of benzene rings is 1. The largest absolute Gasteiger partial charge is 0.369 e. The number of amides is 3. The number of fused-ring (bicyclic) bond motifs is 1. The zero-order chi connectivity index (χ0) is 23.4. The van der Waals surface area contributed by atoms with E-state index in [4.69, 9.17) is 10.7 Å². The minimum Gasteiger partial charge on any atom is -0.369 e. The van der Waals surface area contributed by atoms with Gasteiger partial charge in [0.15, 0.2) is 0 Å². The summed E-state index contributed by atoms with van der Waals surface area (Å²) in [5.41, 5.74) is 8.10. The second kappa shape index (κ2) is 10.2. The molecule has 2 aliphatic rings. The summed E-state index contributed by atoms with van der Waals surface area (Å²) in [6.45, 7) is 5.21. The van der Waals surface area contributed by atoms with Gasteiger partial charge in [-0.1, -0.05) is 0 Å². The van der Waals surface area contributed by atoms with Crippen LogP contribution in [0.3, 0.4) is 0 Å². The van der Waals surface area contributed by atoms with Crippen molar-refractivity contribution in [3.8, 4) is 0 Å². The molecule has 2 aromatic rings. The first kappa shape index (κ1) is 23.0. The number of hydrogen-bond acceptors (Lipinski definition) is 5. The van der Waals surface area contributed by atoms with Gasteiger partial charge in [0.25, 0.3) is 0 Å². The van der Waals surface area contributed by atoms with Gasteiger partial charge in [-0.05, 0) is 68.9 Å². The Bertz CT molecular complexity index is 1040. The van der Waals surface area contributed by atoms with Gasteiger partial charge in [-0.25, -0.2) is 4.98 Å². The van der Waals surface area contributed by atoms with Crippen LogP contribution in [0, 0.1) is 12.8 Å². The van der Waals surface area contributed by atoms with Crippen molar-refractivity contribution in [2.45, 2.75) is 51.9 Å². The van der Waals surface area contributed by atoms with E-state index < -0.39 is 0 Å². The number of aromatic nitrogens is 1. The number of anilines is 2. The molecule has 4 rings (SSSR count). The Morgan fingerprint density at radius 1 is 1.03 bits per heavy atom. The standard InChI is InChI=1S/C25H33N5O3/c1-17-15-22(29-11-3-2-4-12-29)28-21-6-5-19(16-20(17)21)27-23(31)7-8-24(32)30-13-9-18(10-14-30)25(26)33/h5-6,15-16,18H,2-4,7-14H2,1H3,(H2,26,33)(H,27,31). The van der Waals surface area contributed by atoms with Crippen molar-refractivity contribution >= 4 is 40.1 Å². The topological polar surface area (TPSA) is 109 Å². The molecule has 3 amide bonds. The Morgan fingerprint density at radius 2 is 1.76 bits per heavy atom. The van der Waals surface area contributed by atoms with Crippen LogP contribution in [-0.4, -0.2) is 53.8 Å². The lowest BCUT2D eigenvalue weighted by Gasteiger charge is -2.30. The predicted octanol–water partition coefficient (Wildman–Crippen LogP) is 2.98. The Hall–Kier alpha value is -3.16. The Kier molecular flexibility index (Phi) is 7.11. The molecule has 2 fully saturated rings. The fraction of sp³-hybridized carbons (Fsp3) is 0.520. The second-order valence-corrected chi connectivity index (χ2v) is 9.18. The summed E-state index contributed by atoms with van der Waals surface area (Å²) in [5, 5.41) is 3.93. The molecule has 0 bridgehead atoms. The molecule has 0 unspecified atom stereocenters. The van der Waals surface area contributed by atoms with Gasteiger partial charge in [-0.3, -0.25) is 14.4 Å². The Balaban J connectivity index is 1.32. The lowest BCUT2D eigenvalue weighted by atomic mass is 9.96. The van der Waals surface area contributed by atoms with Gasteiger partial charge >= 0.3 is 0 Å². The molecular formula is C25H33N5O3. The van der Waals surface area contributed by atoms with Crippen LogP contribution >= 0.6 is 0 Å². The first-order valence-electron chi connectivity index (χ1n) is 11.9. The molecule has 33 heavy (non-hydrogen) atoms. The van der Waals surface area contributed by atoms with E-state index in [-0.39, 0.29) is 36.5 Å². The highest BCUT2D eigenvalue weighted by molar-refractivity contribution is 5.96. The number of nitrogens with two attached hydrogens (primary N) is 1. The molecule has 0 saturated carbocycles. The number of piperidine rings is 2. The van der Waals surface area contributed by atoms with Gasteiger partial charge in [0.2, 0.25) is 17.7 Å². The number of pyridine rings is 1. The van der Waals surface area contributed by atoms with E-state index in [9.17, 15) is 14.4 Å². The van der Waals surface area contributed by atoms with E-state index in [0.29, 0.717) is 31.6 Å². The molecule has 8 nitrogen and oxygen atoms in total. The van der Waals surface area contributed by atoms with Gasteiger partial charge in [0, 0.05) is 56.0 Å². The third-order valence-electron chi connectivity index (χ3n) is 6.78. The van der Waals surface area contributed by atoms with E-state index in [1.807, 2.05) is 18.2 Å². The number of hydrogen-bond donors (Lipinski definition) is 2. The van der Waals surface area contributed by atoms with E-state index in [0.717, 1.165) is 35.4 Å². The number of nitrogens with one attached hydrogen (secondary N) is 1. The van der Waals surface area contributed by atoms with Crippen LogP contribution in [0.25, 0.3) is 10.9 Å². The predicted molar refractivity (Wildman–Crippen MR) is 129 cm³/mol. The summed E-state index contributed by atoms with van der Waals surface area (Å²) >= 11 is 0. The molecule has 0 aliphatic carbocycles. The summed E-state index contributed by atoms with van der Waals surface area (Å²) in [4.78, 5) is 45.1. The highest BCUT2D eigenvalue weighted by atomic mass is 16.2. The van der Waals surface area contributed by atoms with Crippen LogP contribution in [0.15, 0.2) is 24.3 Å². The molecule has 3 heterocycles. The van der Waals surface area contributed by atoms with Crippen molar-refractivity contribution in [1.29, 1.82) is 0 Å². The normalized spacial score (nSPS) is 17.2. The summed E-state index contributed by atoms with van der Waals surface area (Å²) < 4.78 is 0. The van der Waals surface area contributed by atoms with Gasteiger partial charge < -0.3 is 20.9 Å². The number of likely N-dealkylation sites (tertiary alicyclic amines) is 1. The van der Waals surface area contributed by atoms with Gasteiger partial charge in [-0.2, -0.15) is 0 Å². The zero-order valence-corrected chi connectivity index (χ0v) is 19.3. The van der Waals surface area contributed by atoms with Gasteiger partial charge in [-0.15, -0.1) is 0 Å². The molecule has 8 heteroatoms. The van der Waals surface area contributed by atoms with Crippen molar-refractivity contribution in [2.75, 3.05) is 36.4 Å². The average Bonchev–Trinajstić information content (AvgIpc) is 2.83. The van der Waals surface area contributed by atoms with Crippen LogP contribution in [0.4, 0.5) is 11.5 Å². The van der Waals surface area contributed by atoms with E-state index >= 15 is 0 Å². The Labute approximate surface area is 194 Å². The molecule has 2 saturated heterocycles. The van der Waals surface area contributed by atoms with Crippen LogP contribution in [0.1, 0.15) is 50.5 Å². The molecule has 0 atom stereocenters. The van der Waals surface area contributed by atoms with Crippen LogP contribution in [0.2, 0.25) is 0 Å². The monoisotopic (exact) mass is 451 g/mol. The molecule has 1 aromatic carbocycles. The lowest BCUT2D eigenvalue weighted by Crippen LogP contribution is -2.41. The number of rotatable bonds is 6. The van der Waals surface area contributed by atoms with E-state index in [1.54, 1.807) is 4.90 Å². The van der Waals surface area contributed by atoms with Gasteiger partial charge in [0.05, 0.1) is 5.52 Å². The SMILES string of the molecule is Cc1cc(N2CCCCC2)nc2ccc(NC(=O)CCC(=O)N3CCC(C(N)=O)CC3)cc12. The van der Waals surface area contributed by atoms with E-state index in [2.05, 4.69) is 23.2 Å². The van der Waals surface area contributed by atoms with E-state index in [1.165, 1.54) is 19.3 Å². The maximum atomic E-state index is 12.5. The number of carbonyl (C=O) groups excluding carboxylic acids is 3. The van der Waals surface area contributed by atoms with Crippen molar-refractivity contribution < 1.29 is 14.4 Å². The summed E-state index contributed by atoms with van der Waals surface area (Å²) in [6, 6.07) is 7.88. The smallest absolute Gasteiger partial charge is 0.224 e. The highest BCUT2D eigenvalue weighted by Gasteiger charge is 2.26. The summed E-state index contributed by atoms with van der Waals surface area (Å²) in [5.74, 6) is 0.321. The van der Waals surface area contributed by atoms with Crippen LogP contribution < -0.4 is 16.0 Å². The van der Waals surface area contributed by atoms with Gasteiger partial charge in [0.1, 0.15) is 5.82 Å². The van der Waals surface area contributed by atoms with Crippen molar-refractivity contribution in [1.82, 2.24) is 9.88 Å². The number of nitrogens with zero attached hydrogens (tertiary/aromatic N) is 3. The fourth-order valence-electron chi connectivity index (χ4n) is 4.75. The molecule has 2 aliphatic heterocycles. The molecule has 1 aromatic heterocycles. The maximum absolute atomic E-state index is 12.5. The average molecular weight is 452 g/mol. The molecule has 0 radical (unpaired) electrons. The third-order valence-corrected chi connectivity index (χ3v) is 6.78.